The summed E-state index contributed by atoms with van der Waals surface area (Å²) in [5.41, 5.74) is 3.94. The van der Waals surface area contributed by atoms with E-state index in [0.29, 0.717) is 37.7 Å². The molecule has 0 spiro atoms. The van der Waals surface area contributed by atoms with Gasteiger partial charge in [0.15, 0.2) is 0 Å². The number of hydrogen-bond acceptors (Lipinski definition) is 8. The van der Waals surface area contributed by atoms with E-state index in [0.717, 1.165) is 36.3 Å². The quantitative estimate of drug-likeness (QED) is 0.202. The number of aromatic nitrogens is 2. The number of carbonyl (C=O) groups excluding carboxylic acids is 2. The Labute approximate surface area is 237 Å². The van der Waals surface area contributed by atoms with Crippen molar-refractivity contribution in [2.45, 2.75) is 45.7 Å². The predicted molar refractivity (Wildman–Crippen MR) is 161 cm³/mol. The molecule has 212 valence electrons. The highest BCUT2D eigenvalue weighted by Crippen LogP contribution is 2.22. The molecule has 1 aliphatic rings. The number of anilines is 3. The lowest BCUT2D eigenvalue weighted by Gasteiger charge is -2.23. The first-order valence-corrected chi connectivity index (χ1v) is 13.6. The molecule has 0 bridgehead atoms. The highest BCUT2D eigenvalue weighted by Gasteiger charge is 2.20. The van der Waals surface area contributed by atoms with Gasteiger partial charge in [-0.1, -0.05) is 30.9 Å². The monoisotopic (exact) mass is 544 g/mol. The topological polar surface area (TPSA) is 115 Å². The van der Waals surface area contributed by atoms with Gasteiger partial charge in [0.1, 0.15) is 11.9 Å². The molecule has 1 aromatic heterocycles. The van der Waals surface area contributed by atoms with Crippen LogP contribution in [0.15, 0.2) is 41.5 Å². The summed E-state index contributed by atoms with van der Waals surface area (Å²) >= 11 is 0. The van der Waals surface area contributed by atoms with Gasteiger partial charge in [-0.2, -0.15) is 4.98 Å². The molecule has 0 unspecified atom stereocenters. The standard InChI is InChI=1S/C30H40N8O2/c1-6-15-32-28-24(21-34-30(36-28)35-26-14-13-23-19-31-20-25(23)18-26)11-8-7-9-16-33-29(40)22(2)38(5)27(39)12-10-17-37(3)4/h10,12-14,18,20-22H,6-7,9,15-17,19H2,1-5H3,(H,33,40)(H2,32,34,35,36)/b12-10+/t22-/m0/s1. The van der Waals surface area contributed by atoms with Crippen molar-refractivity contribution in [3.63, 3.8) is 0 Å². The van der Waals surface area contributed by atoms with E-state index in [2.05, 4.69) is 55.7 Å². The molecule has 0 fully saturated rings. The van der Waals surface area contributed by atoms with Gasteiger partial charge in [0, 0.05) is 51.1 Å². The van der Waals surface area contributed by atoms with Crippen LogP contribution in [0.5, 0.6) is 0 Å². The minimum atomic E-state index is -0.566. The smallest absolute Gasteiger partial charge is 0.246 e. The van der Waals surface area contributed by atoms with E-state index < -0.39 is 6.04 Å². The maximum atomic E-state index is 12.5. The van der Waals surface area contributed by atoms with Gasteiger partial charge in [-0.3, -0.25) is 14.6 Å². The van der Waals surface area contributed by atoms with Gasteiger partial charge >= 0.3 is 0 Å². The number of likely N-dealkylation sites (N-methyl/N-ethyl adjacent to an activating group) is 2. The summed E-state index contributed by atoms with van der Waals surface area (Å²) in [7, 11) is 5.48. The minimum Gasteiger partial charge on any atom is -0.369 e. The summed E-state index contributed by atoms with van der Waals surface area (Å²) in [6.07, 6.45) is 9.12. The number of unbranched alkanes of at least 4 members (excludes halogenated alkanes) is 1. The van der Waals surface area contributed by atoms with Crippen LogP contribution < -0.4 is 16.0 Å². The largest absolute Gasteiger partial charge is 0.369 e. The van der Waals surface area contributed by atoms with E-state index in [-0.39, 0.29) is 11.8 Å². The van der Waals surface area contributed by atoms with Gasteiger partial charge in [0.2, 0.25) is 17.8 Å². The zero-order valence-corrected chi connectivity index (χ0v) is 24.1. The molecule has 10 nitrogen and oxygen atoms in total. The molecule has 0 saturated carbocycles. The van der Waals surface area contributed by atoms with Crippen molar-refractivity contribution in [3.05, 3.63) is 53.2 Å². The third-order valence-electron chi connectivity index (χ3n) is 6.27. The average molecular weight is 545 g/mol. The summed E-state index contributed by atoms with van der Waals surface area (Å²) in [5, 5.41) is 9.50. The van der Waals surface area contributed by atoms with Crippen LogP contribution in [0, 0.1) is 11.8 Å². The van der Waals surface area contributed by atoms with Gasteiger partial charge < -0.3 is 25.8 Å². The first-order chi connectivity index (χ1) is 19.3. The van der Waals surface area contributed by atoms with Crippen molar-refractivity contribution in [1.82, 2.24) is 25.1 Å². The Balaban J connectivity index is 1.50. The van der Waals surface area contributed by atoms with Crippen LogP contribution in [-0.4, -0.2) is 84.6 Å². The van der Waals surface area contributed by atoms with Gasteiger partial charge in [-0.25, -0.2) is 4.98 Å². The minimum absolute atomic E-state index is 0.192. The number of benzene rings is 1. The van der Waals surface area contributed by atoms with Crippen molar-refractivity contribution >= 4 is 35.5 Å². The Bertz CT molecular complexity index is 1290. The zero-order chi connectivity index (χ0) is 28.9. The molecule has 1 aromatic carbocycles. The first-order valence-electron chi connectivity index (χ1n) is 13.6. The van der Waals surface area contributed by atoms with E-state index in [1.807, 2.05) is 37.3 Å². The van der Waals surface area contributed by atoms with Crippen molar-refractivity contribution in [2.24, 2.45) is 4.99 Å². The summed E-state index contributed by atoms with van der Waals surface area (Å²) in [4.78, 5) is 41.5. The number of nitrogens with zero attached hydrogens (tertiary/aromatic N) is 5. The van der Waals surface area contributed by atoms with E-state index in [1.165, 1.54) is 16.5 Å². The van der Waals surface area contributed by atoms with Crippen LogP contribution in [0.2, 0.25) is 0 Å². The molecule has 0 aliphatic carbocycles. The van der Waals surface area contributed by atoms with Crippen LogP contribution in [0.1, 0.15) is 49.8 Å². The average Bonchev–Trinajstić information content (AvgIpc) is 3.41. The lowest BCUT2D eigenvalue weighted by Crippen LogP contribution is -2.45. The van der Waals surface area contributed by atoms with Crippen molar-refractivity contribution in [2.75, 3.05) is 51.4 Å². The number of rotatable bonds is 13. The van der Waals surface area contributed by atoms with Crippen molar-refractivity contribution < 1.29 is 9.59 Å². The number of amides is 2. The molecule has 40 heavy (non-hydrogen) atoms. The molecular formula is C30H40N8O2. The second-order valence-corrected chi connectivity index (χ2v) is 9.88. The van der Waals surface area contributed by atoms with Crippen molar-refractivity contribution in [3.8, 4) is 11.8 Å². The Morgan fingerprint density at radius 1 is 1.20 bits per heavy atom. The van der Waals surface area contributed by atoms with E-state index in [4.69, 9.17) is 0 Å². The number of fused-ring (bicyclic) bond motifs is 1. The van der Waals surface area contributed by atoms with Crippen LogP contribution in [-0.2, 0) is 16.1 Å². The van der Waals surface area contributed by atoms with Crippen LogP contribution in [0.3, 0.4) is 0 Å². The number of nitrogens with one attached hydrogen (secondary N) is 3. The fraction of sp³-hybridized carbons (Fsp3) is 0.433. The lowest BCUT2D eigenvalue weighted by molar-refractivity contribution is -0.135. The molecule has 0 radical (unpaired) electrons. The Morgan fingerprint density at radius 2 is 2.02 bits per heavy atom. The maximum absolute atomic E-state index is 12.5. The molecule has 3 rings (SSSR count). The maximum Gasteiger partial charge on any atom is 0.246 e. The molecule has 10 heteroatoms. The molecule has 1 atom stereocenters. The van der Waals surface area contributed by atoms with Crippen molar-refractivity contribution in [1.29, 1.82) is 0 Å². The SMILES string of the molecule is CCCNc1nc(Nc2ccc3c(c2)C=NC3)ncc1C#CCCCNC(=O)[C@H](C)N(C)C(=O)/C=C/CN(C)C. The van der Waals surface area contributed by atoms with E-state index in [1.54, 1.807) is 26.2 Å². The zero-order valence-electron chi connectivity index (χ0n) is 24.1. The molecule has 2 amide bonds. The second kappa shape index (κ2) is 15.4. The summed E-state index contributed by atoms with van der Waals surface area (Å²) in [6.45, 7) is 6.44. The Kier molecular flexibility index (Phi) is 11.7. The third kappa shape index (κ3) is 9.20. The van der Waals surface area contributed by atoms with Gasteiger partial charge in [0.05, 0.1) is 18.3 Å². The Morgan fingerprint density at radius 3 is 2.80 bits per heavy atom. The summed E-state index contributed by atoms with van der Waals surface area (Å²) < 4.78 is 0. The summed E-state index contributed by atoms with van der Waals surface area (Å²) in [6, 6.07) is 5.54. The van der Waals surface area contributed by atoms with Gasteiger partial charge in [-0.15, -0.1) is 0 Å². The van der Waals surface area contributed by atoms with Crippen LogP contribution >= 0.6 is 0 Å². The highest BCUT2D eigenvalue weighted by molar-refractivity contribution is 5.92. The van der Waals surface area contributed by atoms with E-state index in [9.17, 15) is 9.59 Å². The molecule has 3 N–H and O–H groups in total. The number of aliphatic imine (C=N–C) groups is 1. The molecule has 2 aromatic rings. The molecular weight excluding hydrogens is 504 g/mol. The normalized spacial score (nSPS) is 12.6. The third-order valence-corrected chi connectivity index (χ3v) is 6.27. The number of carbonyl (C=O) groups is 2. The fourth-order valence-electron chi connectivity index (χ4n) is 3.76. The van der Waals surface area contributed by atoms with Crippen LogP contribution in [0.4, 0.5) is 17.5 Å². The molecule has 2 heterocycles. The Hall–Kier alpha value is -4.23. The fourth-order valence-corrected chi connectivity index (χ4v) is 3.76. The van der Waals surface area contributed by atoms with E-state index >= 15 is 0 Å². The lowest BCUT2D eigenvalue weighted by atomic mass is 10.1. The second-order valence-electron chi connectivity index (χ2n) is 9.88. The van der Waals surface area contributed by atoms with Crippen LogP contribution in [0.25, 0.3) is 0 Å². The highest BCUT2D eigenvalue weighted by atomic mass is 16.2. The van der Waals surface area contributed by atoms with Gasteiger partial charge in [-0.05, 0) is 57.1 Å². The first kappa shape index (κ1) is 30.3. The molecule has 1 aliphatic heterocycles. The summed E-state index contributed by atoms with van der Waals surface area (Å²) in [5.74, 6) is 7.10. The molecule has 0 saturated heterocycles. The predicted octanol–water partition coefficient (Wildman–Crippen LogP) is 3.19. The number of hydrogen-bond donors (Lipinski definition) is 3. The van der Waals surface area contributed by atoms with Gasteiger partial charge in [0.25, 0.3) is 0 Å².